The molecule has 0 saturated heterocycles. The van der Waals surface area contributed by atoms with Crippen LogP contribution in [0.4, 0.5) is 0 Å². The van der Waals surface area contributed by atoms with Crippen LogP contribution < -0.4 is 5.56 Å². The maximum atomic E-state index is 12.8. The number of thiophene rings is 1. The van der Waals surface area contributed by atoms with E-state index in [9.17, 15) is 10.1 Å². The number of nitrogens with one attached hydrogen (secondary N) is 1. The lowest BCUT2D eigenvalue weighted by Gasteiger charge is -2.09. The van der Waals surface area contributed by atoms with Gasteiger partial charge in [-0.25, -0.2) is 4.98 Å². The second-order valence-corrected chi connectivity index (χ2v) is 9.17. The van der Waals surface area contributed by atoms with E-state index in [1.807, 2.05) is 0 Å². The number of hydrogen-bond acceptors (Lipinski definition) is 5. The van der Waals surface area contributed by atoms with E-state index in [-0.39, 0.29) is 17.0 Å². The quantitative estimate of drug-likeness (QED) is 0.348. The molecule has 0 saturated carbocycles. The van der Waals surface area contributed by atoms with Gasteiger partial charge in [0.25, 0.3) is 5.56 Å². The van der Waals surface area contributed by atoms with Gasteiger partial charge in [-0.05, 0) is 55.5 Å². The number of nitriles is 1. The summed E-state index contributed by atoms with van der Waals surface area (Å²) in [6, 6.07) is 10.8. The molecule has 0 fully saturated rings. The fourth-order valence-electron chi connectivity index (χ4n) is 3.89. The first kappa shape index (κ1) is 20.1. The molecule has 1 aliphatic rings. The van der Waals surface area contributed by atoms with Crippen molar-refractivity contribution in [3.63, 3.8) is 0 Å². The van der Waals surface area contributed by atoms with Crippen LogP contribution in [-0.2, 0) is 12.8 Å². The highest BCUT2D eigenvalue weighted by Crippen LogP contribution is 2.36. The number of furan rings is 1. The van der Waals surface area contributed by atoms with Crippen molar-refractivity contribution in [1.29, 1.82) is 5.26 Å². The fraction of sp³-hybridized carbons (Fsp3) is 0.174. The van der Waals surface area contributed by atoms with Gasteiger partial charge < -0.3 is 9.40 Å². The van der Waals surface area contributed by atoms with Gasteiger partial charge >= 0.3 is 0 Å². The second kappa shape index (κ2) is 8.01. The molecule has 0 aliphatic heterocycles. The molecule has 4 aromatic rings. The lowest BCUT2D eigenvalue weighted by atomic mass is 9.97. The standard InChI is InChI=1S/C23H15Cl2N3O2S/c24-15-5-3-6-16(25)20(15)17-9-8-13(30-17)10-12(11-26)21-27-22(29)19-14-4-1-2-7-18(14)31-23(19)28-21/h3,5-6,8-10H,1-2,4,7H2,(H,27,28,29). The largest absolute Gasteiger partial charge is 0.457 e. The Kier molecular flexibility index (Phi) is 5.19. The summed E-state index contributed by atoms with van der Waals surface area (Å²) in [5.41, 5.74) is 1.70. The van der Waals surface area contributed by atoms with Gasteiger partial charge in [-0.1, -0.05) is 29.3 Å². The summed E-state index contributed by atoms with van der Waals surface area (Å²) >= 11 is 14.1. The summed E-state index contributed by atoms with van der Waals surface area (Å²) in [5.74, 6) is 1.14. The highest BCUT2D eigenvalue weighted by molar-refractivity contribution is 7.18. The number of halogens is 2. The minimum absolute atomic E-state index is 0.205. The van der Waals surface area contributed by atoms with Gasteiger partial charge in [-0.3, -0.25) is 4.79 Å². The number of benzene rings is 1. The molecule has 8 heteroatoms. The third kappa shape index (κ3) is 3.59. The third-order valence-electron chi connectivity index (χ3n) is 5.32. The van der Waals surface area contributed by atoms with Gasteiger partial charge in [0.2, 0.25) is 0 Å². The number of aromatic amines is 1. The van der Waals surface area contributed by atoms with Crippen molar-refractivity contribution >= 4 is 56.4 Å². The Labute approximate surface area is 191 Å². The third-order valence-corrected chi connectivity index (χ3v) is 7.14. The van der Waals surface area contributed by atoms with Crippen LogP contribution in [-0.4, -0.2) is 9.97 Å². The van der Waals surface area contributed by atoms with E-state index in [1.165, 1.54) is 4.88 Å². The van der Waals surface area contributed by atoms with Crippen molar-refractivity contribution in [3.05, 3.63) is 72.8 Å². The minimum Gasteiger partial charge on any atom is -0.457 e. The van der Waals surface area contributed by atoms with Crippen LogP contribution >= 0.6 is 34.5 Å². The van der Waals surface area contributed by atoms with Crippen LogP contribution in [0.25, 0.3) is 33.2 Å². The number of allylic oxidation sites excluding steroid dienone is 1. The van der Waals surface area contributed by atoms with Crippen LogP contribution in [0.1, 0.15) is 34.9 Å². The Morgan fingerprint density at radius 1 is 1.19 bits per heavy atom. The van der Waals surface area contributed by atoms with Gasteiger partial charge in [0, 0.05) is 11.0 Å². The van der Waals surface area contributed by atoms with Crippen LogP contribution in [0.2, 0.25) is 10.0 Å². The summed E-state index contributed by atoms with van der Waals surface area (Å²) in [6.45, 7) is 0. The first-order valence-corrected chi connectivity index (χ1v) is 11.3. The molecule has 0 radical (unpaired) electrons. The summed E-state index contributed by atoms with van der Waals surface area (Å²) < 4.78 is 5.86. The van der Waals surface area contributed by atoms with Gasteiger partial charge in [0.1, 0.15) is 22.4 Å². The minimum atomic E-state index is -0.205. The van der Waals surface area contributed by atoms with E-state index in [1.54, 1.807) is 47.7 Å². The van der Waals surface area contributed by atoms with E-state index < -0.39 is 0 Å². The van der Waals surface area contributed by atoms with Crippen molar-refractivity contribution < 1.29 is 4.42 Å². The average Bonchev–Trinajstić information content (AvgIpc) is 3.36. The predicted molar refractivity (Wildman–Crippen MR) is 125 cm³/mol. The maximum absolute atomic E-state index is 12.8. The van der Waals surface area contributed by atoms with Crippen molar-refractivity contribution in [1.82, 2.24) is 9.97 Å². The molecule has 0 amide bonds. The summed E-state index contributed by atoms with van der Waals surface area (Å²) in [7, 11) is 0. The molecule has 0 bridgehead atoms. The topological polar surface area (TPSA) is 82.7 Å². The Morgan fingerprint density at radius 3 is 2.74 bits per heavy atom. The molecule has 3 aromatic heterocycles. The lowest BCUT2D eigenvalue weighted by Crippen LogP contribution is -2.12. The smallest absolute Gasteiger partial charge is 0.260 e. The highest BCUT2D eigenvalue weighted by atomic mass is 35.5. The van der Waals surface area contributed by atoms with Gasteiger partial charge in [0.05, 0.1) is 26.6 Å². The molecule has 0 unspecified atom stereocenters. The van der Waals surface area contributed by atoms with E-state index in [2.05, 4.69) is 16.0 Å². The molecule has 0 atom stereocenters. The van der Waals surface area contributed by atoms with E-state index >= 15 is 0 Å². The van der Waals surface area contributed by atoms with E-state index in [4.69, 9.17) is 27.6 Å². The number of rotatable bonds is 3. The number of hydrogen-bond donors (Lipinski definition) is 1. The molecule has 0 spiro atoms. The first-order chi connectivity index (χ1) is 15.0. The highest BCUT2D eigenvalue weighted by Gasteiger charge is 2.21. The predicted octanol–water partition coefficient (Wildman–Crippen LogP) is 6.49. The molecule has 1 aliphatic carbocycles. The molecule has 1 aromatic carbocycles. The van der Waals surface area contributed by atoms with E-state index in [0.29, 0.717) is 37.3 Å². The lowest BCUT2D eigenvalue weighted by molar-refractivity contribution is 0.572. The van der Waals surface area contributed by atoms with E-state index in [0.717, 1.165) is 31.2 Å². The molecule has 3 heterocycles. The Balaban J connectivity index is 1.56. The zero-order chi connectivity index (χ0) is 21.5. The second-order valence-electron chi connectivity index (χ2n) is 7.27. The molecular weight excluding hydrogens is 453 g/mol. The number of nitrogens with zero attached hydrogens (tertiary/aromatic N) is 2. The molecule has 31 heavy (non-hydrogen) atoms. The SMILES string of the molecule is N#CC(=Cc1ccc(-c2c(Cl)cccc2Cl)o1)c1nc2sc3c(c2c(=O)[nH]1)CCCC3. The molecule has 5 nitrogen and oxygen atoms in total. The van der Waals surface area contributed by atoms with Crippen molar-refractivity contribution in [2.45, 2.75) is 25.7 Å². The normalized spacial score (nSPS) is 13.9. The first-order valence-electron chi connectivity index (χ1n) is 9.76. The van der Waals surface area contributed by atoms with Crippen LogP contribution in [0, 0.1) is 11.3 Å². The van der Waals surface area contributed by atoms with Gasteiger partial charge in [-0.15, -0.1) is 11.3 Å². The van der Waals surface area contributed by atoms with Crippen molar-refractivity contribution in [3.8, 4) is 17.4 Å². The average molecular weight is 468 g/mol. The summed E-state index contributed by atoms with van der Waals surface area (Å²) in [6.07, 6.45) is 5.64. The monoisotopic (exact) mass is 467 g/mol. The zero-order valence-electron chi connectivity index (χ0n) is 16.2. The van der Waals surface area contributed by atoms with Crippen LogP contribution in [0.3, 0.4) is 0 Å². The number of fused-ring (bicyclic) bond motifs is 3. The van der Waals surface area contributed by atoms with Gasteiger partial charge in [0.15, 0.2) is 5.82 Å². The van der Waals surface area contributed by atoms with Gasteiger partial charge in [-0.2, -0.15) is 5.26 Å². The molecular formula is C23H15Cl2N3O2S. The van der Waals surface area contributed by atoms with Crippen LogP contribution in [0.5, 0.6) is 0 Å². The van der Waals surface area contributed by atoms with Crippen molar-refractivity contribution in [2.24, 2.45) is 0 Å². The molecule has 154 valence electrons. The number of aromatic nitrogens is 2. The maximum Gasteiger partial charge on any atom is 0.260 e. The van der Waals surface area contributed by atoms with Crippen molar-refractivity contribution in [2.75, 3.05) is 0 Å². The fourth-order valence-corrected chi connectivity index (χ4v) is 5.73. The Bertz CT molecular complexity index is 1440. The molecule has 1 N–H and O–H groups in total. The number of H-pyrrole nitrogens is 1. The Hall–Kier alpha value is -2.85. The molecule has 5 rings (SSSR count). The zero-order valence-corrected chi connectivity index (χ0v) is 18.5. The Morgan fingerprint density at radius 2 is 1.97 bits per heavy atom. The summed E-state index contributed by atoms with van der Waals surface area (Å²) in [5, 5.41) is 11.3. The van der Waals surface area contributed by atoms with Crippen LogP contribution in [0.15, 0.2) is 39.5 Å². The summed E-state index contributed by atoms with van der Waals surface area (Å²) in [4.78, 5) is 22.1. The number of aryl methyl sites for hydroxylation is 2.